The molecule has 0 aromatic carbocycles. The van der Waals surface area contributed by atoms with Crippen LogP contribution in [0, 0.1) is 0 Å². The van der Waals surface area contributed by atoms with Gasteiger partial charge >= 0.3 is 0 Å². The maximum Gasteiger partial charge on any atom is 0.188 e. The highest BCUT2D eigenvalue weighted by Gasteiger charge is 2.02. The molecule has 0 spiro atoms. The standard InChI is InChI=1S/C13H28O2SSi/c1-3-5-6-7-8-10-13(14)16-11-9-12-17-15-4-2/h3-12,17H2,1-2H3. The SMILES string of the molecule is CCCCCCCC(=O)SCCC[SiH2]OCC. The Kier molecular flexibility index (Phi) is 14.4. The van der Waals surface area contributed by atoms with E-state index in [0.29, 0.717) is 5.12 Å². The van der Waals surface area contributed by atoms with Crippen LogP contribution in [0.15, 0.2) is 0 Å². The van der Waals surface area contributed by atoms with Crippen LogP contribution < -0.4 is 0 Å². The summed E-state index contributed by atoms with van der Waals surface area (Å²) in [6.45, 7) is 5.12. The van der Waals surface area contributed by atoms with Gasteiger partial charge in [0, 0.05) is 18.8 Å². The van der Waals surface area contributed by atoms with Crippen molar-refractivity contribution in [1.29, 1.82) is 0 Å². The molecule has 0 saturated carbocycles. The van der Waals surface area contributed by atoms with Gasteiger partial charge in [-0.25, -0.2) is 0 Å². The highest BCUT2D eigenvalue weighted by molar-refractivity contribution is 8.13. The number of hydrogen-bond donors (Lipinski definition) is 0. The molecule has 102 valence electrons. The van der Waals surface area contributed by atoms with Crippen molar-refractivity contribution in [3.05, 3.63) is 0 Å². The van der Waals surface area contributed by atoms with E-state index in [-0.39, 0.29) is 9.76 Å². The maximum absolute atomic E-state index is 11.5. The van der Waals surface area contributed by atoms with E-state index < -0.39 is 0 Å². The molecule has 2 nitrogen and oxygen atoms in total. The molecule has 4 heteroatoms. The van der Waals surface area contributed by atoms with E-state index in [1.807, 2.05) is 6.92 Å². The van der Waals surface area contributed by atoms with E-state index in [0.717, 1.165) is 31.6 Å². The summed E-state index contributed by atoms with van der Waals surface area (Å²) in [5.74, 6) is 0.994. The average Bonchev–Trinajstić information content (AvgIpc) is 2.33. The van der Waals surface area contributed by atoms with Crippen LogP contribution in [-0.4, -0.2) is 27.2 Å². The molecular weight excluding hydrogens is 248 g/mol. The van der Waals surface area contributed by atoms with E-state index >= 15 is 0 Å². The van der Waals surface area contributed by atoms with E-state index in [9.17, 15) is 4.79 Å². The van der Waals surface area contributed by atoms with Crippen LogP contribution in [0.5, 0.6) is 0 Å². The Labute approximate surface area is 113 Å². The zero-order chi connectivity index (χ0) is 12.8. The van der Waals surface area contributed by atoms with Crippen LogP contribution in [0.4, 0.5) is 0 Å². The third-order valence-corrected chi connectivity index (χ3v) is 5.14. The minimum atomic E-state index is -0.284. The first-order valence-electron chi connectivity index (χ1n) is 7.04. The largest absolute Gasteiger partial charge is 0.424 e. The highest BCUT2D eigenvalue weighted by atomic mass is 32.2. The van der Waals surface area contributed by atoms with Crippen molar-refractivity contribution in [2.75, 3.05) is 12.4 Å². The molecule has 0 rings (SSSR count). The molecular formula is C13H28O2SSi. The summed E-state index contributed by atoms with van der Waals surface area (Å²) in [6.07, 6.45) is 8.09. The first kappa shape index (κ1) is 17.2. The molecule has 0 aliphatic carbocycles. The molecule has 0 atom stereocenters. The molecule has 0 unspecified atom stereocenters. The molecule has 0 aromatic rings. The van der Waals surface area contributed by atoms with Gasteiger partial charge in [-0.2, -0.15) is 0 Å². The number of unbranched alkanes of at least 4 members (excludes halogenated alkanes) is 4. The van der Waals surface area contributed by atoms with E-state index in [2.05, 4.69) is 6.92 Å². The third kappa shape index (κ3) is 14.1. The van der Waals surface area contributed by atoms with Crippen LogP contribution in [0.2, 0.25) is 6.04 Å². The van der Waals surface area contributed by atoms with Gasteiger partial charge in [0.1, 0.15) is 0 Å². The molecule has 0 saturated heterocycles. The second kappa shape index (κ2) is 14.3. The molecule has 0 fully saturated rings. The normalized spacial score (nSPS) is 11.4. The van der Waals surface area contributed by atoms with Gasteiger partial charge in [-0.05, 0) is 25.8 Å². The van der Waals surface area contributed by atoms with Gasteiger partial charge in [-0.15, -0.1) is 0 Å². The highest BCUT2D eigenvalue weighted by Crippen LogP contribution is 2.13. The zero-order valence-electron chi connectivity index (χ0n) is 11.5. The Morgan fingerprint density at radius 2 is 1.88 bits per heavy atom. The van der Waals surface area contributed by atoms with Crippen LogP contribution in [0.1, 0.15) is 58.8 Å². The van der Waals surface area contributed by atoms with Gasteiger partial charge in [0.15, 0.2) is 14.9 Å². The minimum Gasteiger partial charge on any atom is -0.424 e. The molecule has 0 amide bonds. The summed E-state index contributed by atoms with van der Waals surface area (Å²) in [6, 6.07) is 1.21. The van der Waals surface area contributed by atoms with Crippen molar-refractivity contribution in [3.8, 4) is 0 Å². The Balaban J connectivity index is 3.12. The lowest BCUT2D eigenvalue weighted by atomic mass is 10.1. The van der Waals surface area contributed by atoms with E-state index in [4.69, 9.17) is 4.43 Å². The molecule has 0 aliphatic heterocycles. The lowest BCUT2D eigenvalue weighted by molar-refractivity contribution is -0.111. The van der Waals surface area contributed by atoms with Crippen molar-refractivity contribution in [1.82, 2.24) is 0 Å². The summed E-state index contributed by atoms with van der Waals surface area (Å²) in [5.41, 5.74) is 0. The van der Waals surface area contributed by atoms with Crippen LogP contribution in [0.3, 0.4) is 0 Å². The van der Waals surface area contributed by atoms with E-state index in [1.54, 1.807) is 0 Å². The summed E-state index contributed by atoms with van der Waals surface area (Å²) in [5, 5.41) is 0.388. The van der Waals surface area contributed by atoms with Crippen molar-refractivity contribution in [2.24, 2.45) is 0 Å². The topological polar surface area (TPSA) is 26.3 Å². The lowest BCUT2D eigenvalue weighted by Crippen LogP contribution is -1.99. The van der Waals surface area contributed by atoms with E-state index in [1.165, 1.54) is 43.5 Å². The van der Waals surface area contributed by atoms with Crippen molar-refractivity contribution < 1.29 is 9.22 Å². The Bertz CT molecular complexity index is 177. The molecule has 0 aliphatic rings. The number of hydrogen-bond acceptors (Lipinski definition) is 3. The van der Waals surface area contributed by atoms with Crippen LogP contribution >= 0.6 is 11.8 Å². The van der Waals surface area contributed by atoms with Crippen LogP contribution in [0.25, 0.3) is 0 Å². The summed E-state index contributed by atoms with van der Waals surface area (Å²) in [4.78, 5) is 11.5. The maximum atomic E-state index is 11.5. The Morgan fingerprint density at radius 3 is 2.59 bits per heavy atom. The van der Waals surface area contributed by atoms with Crippen LogP contribution in [-0.2, 0) is 9.22 Å². The number of carbonyl (C=O) groups is 1. The van der Waals surface area contributed by atoms with Gasteiger partial charge < -0.3 is 4.43 Å². The molecule has 0 N–H and O–H groups in total. The molecule has 0 aromatic heterocycles. The fraction of sp³-hybridized carbons (Fsp3) is 0.923. The van der Waals surface area contributed by atoms with Gasteiger partial charge in [0.2, 0.25) is 0 Å². The number of thioether (sulfide) groups is 1. The van der Waals surface area contributed by atoms with Gasteiger partial charge in [0.05, 0.1) is 0 Å². The molecule has 0 radical (unpaired) electrons. The summed E-state index contributed by atoms with van der Waals surface area (Å²) >= 11 is 1.53. The fourth-order valence-electron chi connectivity index (χ4n) is 1.58. The Hall–Kier alpha value is 0.197. The molecule has 0 heterocycles. The van der Waals surface area contributed by atoms with Gasteiger partial charge in [-0.3, -0.25) is 4.79 Å². The first-order chi connectivity index (χ1) is 8.31. The minimum absolute atomic E-state index is 0.284. The lowest BCUT2D eigenvalue weighted by Gasteiger charge is -2.02. The average molecular weight is 277 g/mol. The first-order valence-corrected chi connectivity index (χ1v) is 9.60. The monoisotopic (exact) mass is 276 g/mol. The van der Waals surface area contributed by atoms with Crippen molar-refractivity contribution >= 4 is 26.6 Å². The predicted molar refractivity (Wildman–Crippen MR) is 80.4 cm³/mol. The Morgan fingerprint density at radius 1 is 1.12 bits per heavy atom. The van der Waals surface area contributed by atoms with Crippen molar-refractivity contribution in [3.63, 3.8) is 0 Å². The second-order valence-corrected chi connectivity index (χ2v) is 6.96. The van der Waals surface area contributed by atoms with Gasteiger partial charge in [0.25, 0.3) is 0 Å². The third-order valence-electron chi connectivity index (χ3n) is 2.63. The number of carbonyl (C=O) groups excluding carboxylic acids is 1. The number of rotatable bonds is 12. The second-order valence-electron chi connectivity index (χ2n) is 4.29. The van der Waals surface area contributed by atoms with Gasteiger partial charge in [-0.1, -0.05) is 44.4 Å². The fourth-order valence-corrected chi connectivity index (χ4v) is 3.76. The van der Waals surface area contributed by atoms with Crippen molar-refractivity contribution in [2.45, 2.75) is 64.8 Å². The zero-order valence-corrected chi connectivity index (χ0v) is 13.7. The summed E-state index contributed by atoms with van der Waals surface area (Å²) < 4.78 is 5.39. The molecule has 17 heavy (non-hydrogen) atoms. The molecule has 0 bridgehead atoms. The smallest absolute Gasteiger partial charge is 0.188 e. The summed E-state index contributed by atoms with van der Waals surface area (Å²) in [7, 11) is -0.284. The predicted octanol–water partition coefficient (Wildman–Crippen LogP) is 3.54. The quantitative estimate of drug-likeness (QED) is 0.403.